The number of aromatic amines is 1. The van der Waals surface area contributed by atoms with Gasteiger partial charge < -0.3 is 9.84 Å². The summed E-state index contributed by atoms with van der Waals surface area (Å²) in [7, 11) is 0. The number of nitrogens with one attached hydrogen (secondary N) is 1. The van der Waals surface area contributed by atoms with Gasteiger partial charge >= 0.3 is 0 Å². The summed E-state index contributed by atoms with van der Waals surface area (Å²) in [5, 5.41) is 15.7. The number of aromatic nitrogens is 2. The molecular formula is C11H15IN2O3S. The van der Waals surface area contributed by atoms with Crippen LogP contribution >= 0.6 is 33.9 Å². The molecule has 0 unspecified atom stereocenters. The van der Waals surface area contributed by atoms with Crippen LogP contribution in [-0.4, -0.2) is 27.4 Å². The van der Waals surface area contributed by atoms with Crippen LogP contribution in [0.5, 0.6) is 0 Å². The SMILES string of the molecule is CC(C)(C)OC=O.OCc1cc2n[nH]c(I)c2s1. The largest absolute Gasteiger partial charge is 0.462 e. The van der Waals surface area contributed by atoms with Gasteiger partial charge in [-0.3, -0.25) is 9.89 Å². The third kappa shape index (κ3) is 4.54. The fourth-order valence-electron chi connectivity index (χ4n) is 1.05. The highest BCUT2D eigenvalue weighted by Gasteiger charge is 2.07. The maximum atomic E-state index is 9.60. The minimum Gasteiger partial charge on any atom is -0.462 e. The molecule has 100 valence electrons. The number of carbonyl (C=O) groups excluding carboxylic acids is 1. The molecule has 0 fully saturated rings. The molecule has 5 nitrogen and oxygen atoms in total. The number of fused-ring (bicyclic) bond motifs is 1. The quantitative estimate of drug-likeness (QED) is 0.619. The molecule has 0 aliphatic rings. The Balaban J connectivity index is 0.000000203. The third-order valence-electron chi connectivity index (χ3n) is 1.79. The first-order valence-electron chi connectivity index (χ1n) is 5.22. The number of H-pyrrole nitrogens is 1. The molecule has 2 aromatic heterocycles. The molecule has 2 rings (SSSR count). The van der Waals surface area contributed by atoms with E-state index in [4.69, 9.17) is 5.11 Å². The van der Waals surface area contributed by atoms with Gasteiger partial charge in [-0.05, 0) is 49.4 Å². The van der Waals surface area contributed by atoms with Gasteiger partial charge in [0.2, 0.25) is 0 Å². The number of hydrogen-bond acceptors (Lipinski definition) is 5. The Labute approximate surface area is 123 Å². The molecular weight excluding hydrogens is 367 g/mol. The van der Waals surface area contributed by atoms with Gasteiger partial charge in [-0.25, -0.2) is 0 Å². The summed E-state index contributed by atoms with van der Waals surface area (Å²) in [5.74, 6) is 0. The Hall–Kier alpha value is -0.670. The van der Waals surface area contributed by atoms with Crippen molar-refractivity contribution < 1.29 is 14.6 Å². The molecule has 7 heteroatoms. The van der Waals surface area contributed by atoms with E-state index in [1.165, 1.54) is 0 Å². The summed E-state index contributed by atoms with van der Waals surface area (Å²) in [6, 6.07) is 1.90. The van der Waals surface area contributed by atoms with Crippen molar-refractivity contribution in [1.82, 2.24) is 10.2 Å². The summed E-state index contributed by atoms with van der Waals surface area (Å²) >= 11 is 3.77. The maximum absolute atomic E-state index is 9.60. The second-order valence-electron chi connectivity index (χ2n) is 4.45. The Kier molecular flexibility index (Phi) is 5.54. The number of thiophene rings is 1. The van der Waals surface area contributed by atoms with Crippen LogP contribution in [0.4, 0.5) is 0 Å². The normalized spacial score (nSPS) is 10.9. The summed E-state index contributed by atoms with van der Waals surface area (Å²) in [6.45, 7) is 6.03. The van der Waals surface area contributed by atoms with Crippen molar-refractivity contribution in [2.24, 2.45) is 0 Å². The van der Waals surface area contributed by atoms with E-state index in [2.05, 4.69) is 37.5 Å². The number of aliphatic hydroxyl groups is 1. The summed E-state index contributed by atoms with van der Waals surface area (Å²) < 4.78 is 6.73. The van der Waals surface area contributed by atoms with Crippen molar-refractivity contribution in [3.63, 3.8) is 0 Å². The zero-order chi connectivity index (χ0) is 13.8. The Morgan fingerprint density at radius 2 is 2.28 bits per heavy atom. The van der Waals surface area contributed by atoms with Gasteiger partial charge in [-0.15, -0.1) is 11.3 Å². The molecule has 2 heterocycles. The third-order valence-corrected chi connectivity index (χ3v) is 4.07. The number of rotatable bonds is 2. The van der Waals surface area contributed by atoms with Gasteiger partial charge in [-0.2, -0.15) is 5.10 Å². The van der Waals surface area contributed by atoms with Crippen molar-refractivity contribution in [2.75, 3.05) is 0 Å². The van der Waals surface area contributed by atoms with Crippen molar-refractivity contribution in [3.05, 3.63) is 14.6 Å². The molecule has 18 heavy (non-hydrogen) atoms. The van der Waals surface area contributed by atoms with Crippen molar-refractivity contribution in [3.8, 4) is 0 Å². The lowest BCUT2D eigenvalue weighted by molar-refractivity contribution is -0.138. The second-order valence-corrected chi connectivity index (χ2v) is 6.66. The van der Waals surface area contributed by atoms with E-state index in [0.29, 0.717) is 6.47 Å². The highest BCUT2D eigenvalue weighted by atomic mass is 127. The lowest BCUT2D eigenvalue weighted by Gasteiger charge is -2.14. The van der Waals surface area contributed by atoms with Gasteiger partial charge in [-0.1, -0.05) is 0 Å². The minimum atomic E-state index is -0.318. The lowest BCUT2D eigenvalue weighted by atomic mass is 10.2. The van der Waals surface area contributed by atoms with Crippen LogP contribution in [0.1, 0.15) is 25.6 Å². The van der Waals surface area contributed by atoms with Gasteiger partial charge in [0.25, 0.3) is 6.47 Å². The number of ether oxygens (including phenoxy) is 1. The molecule has 0 aliphatic heterocycles. The molecule has 0 bridgehead atoms. The van der Waals surface area contributed by atoms with Crippen LogP contribution in [0.3, 0.4) is 0 Å². The highest BCUT2D eigenvalue weighted by Crippen LogP contribution is 2.27. The lowest BCUT2D eigenvalue weighted by Crippen LogP contribution is -2.17. The van der Waals surface area contributed by atoms with Crippen molar-refractivity contribution >= 4 is 50.6 Å². The smallest absolute Gasteiger partial charge is 0.293 e. The zero-order valence-electron chi connectivity index (χ0n) is 10.4. The molecule has 0 saturated carbocycles. The number of hydrogen-bond donors (Lipinski definition) is 2. The average Bonchev–Trinajstić information content (AvgIpc) is 2.80. The van der Waals surface area contributed by atoms with Gasteiger partial charge in [0, 0.05) is 4.88 Å². The number of halogens is 1. The zero-order valence-corrected chi connectivity index (χ0v) is 13.3. The molecule has 0 saturated heterocycles. The van der Waals surface area contributed by atoms with E-state index < -0.39 is 0 Å². The van der Waals surface area contributed by atoms with Crippen LogP contribution in [0, 0.1) is 3.70 Å². The van der Waals surface area contributed by atoms with Crippen LogP contribution in [0.25, 0.3) is 10.2 Å². The van der Waals surface area contributed by atoms with Gasteiger partial charge in [0.05, 0.1) is 11.3 Å². The molecule has 0 radical (unpaired) electrons. The first kappa shape index (κ1) is 15.4. The number of nitrogens with zero attached hydrogens (tertiary/aromatic N) is 1. The Bertz CT molecular complexity index is 516. The molecule has 0 spiro atoms. The molecule has 0 aromatic carbocycles. The van der Waals surface area contributed by atoms with Gasteiger partial charge in [0.1, 0.15) is 14.8 Å². The monoisotopic (exact) mass is 382 g/mol. The summed E-state index contributed by atoms with van der Waals surface area (Å²) in [6.07, 6.45) is 0. The predicted molar refractivity (Wildman–Crippen MR) is 79.5 cm³/mol. The van der Waals surface area contributed by atoms with Crippen LogP contribution in [0.2, 0.25) is 0 Å². The van der Waals surface area contributed by atoms with E-state index in [-0.39, 0.29) is 12.2 Å². The molecule has 2 aromatic rings. The van der Waals surface area contributed by atoms with E-state index in [1.54, 1.807) is 11.3 Å². The van der Waals surface area contributed by atoms with E-state index >= 15 is 0 Å². The topological polar surface area (TPSA) is 75.2 Å². The Morgan fingerprint density at radius 1 is 1.61 bits per heavy atom. The molecule has 0 aliphatic carbocycles. The second kappa shape index (κ2) is 6.48. The standard InChI is InChI=1S/C6H5IN2OS.C5H10O2/c7-6-5-4(8-9-6)1-3(2-10)11-5;1-5(2,3)7-4-6/h1,10H,2H2,(H,8,9);4H,1-3H3. The summed E-state index contributed by atoms with van der Waals surface area (Å²) in [5.41, 5.74) is 0.630. The molecule has 0 amide bonds. The first-order valence-corrected chi connectivity index (χ1v) is 7.11. The fourth-order valence-corrected chi connectivity index (χ4v) is 2.62. The number of aliphatic hydroxyl groups excluding tert-OH is 1. The van der Waals surface area contributed by atoms with Crippen LogP contribution in [-0.2, 0) is 16.1 Å². The first-order chi connectivity index (χ1) is 8.37. The van der Waals surface area contributed by atoms with Crippen molar-refractivity contribution in [2.45, 2.75) is 33.0 Å². The van der Waals surface area contributed by atoms with Crippen LogP contribution < -0.4 is 0 Å². The molecule has 0 atom stereocenters. The fraction of sp³-hybridized carbons (Fsp3) is 0.455. The van der Waals surface area contributed by atoms with E-state index in [1.807, 2.05) is 26.8 Å². The van der Waals surface area contributed by atoms with Crippen molar-refractivity contribution in [1.29, 1.82) is 0 Å². The van der Waals surface area contributed by atoms with E-state index in [9.17, 15) is 4.79 Å². The van der Waals surface area contributed by atoms with Crippen LogP contribution in [0.15, 0.2) is 6.07 Å². The van der Waals surface area contributed by atoms with Gasteiger partial charge in [0.15, 0.2) is 0 Å². The minimum absolute atomic E-state index is 0.108. The molecule has 2 N–H and O–H groups in total. The van der Waals surface area contributed by atoms with E-state index in [0.717, 1.165) is 18.8 Å². The number of carbonyl (C=O) groups is 1. The summed E-state index contributed by atoms with van der Waals surface area (Å²) in [4.78, 5) is 10.6. The maximum Gasteiger partial charge on any atom is 0.293 e. The predicted octanol–water partition coefficient (Wildman–Crippen LogP) is 2.68. The Morgan fingerprint density at radius 3 is 2.67 bits per heavy atom. The average molecular weight is 382 g/mol. The highest BCUT2D eigenvalue weighted by molar-refractivity contribution is 14.1.